The Hall–Kier alpha value is -1.19. The van der Waals surface area contributed by atoms with E-state index in [0.717, 1.165) is 11.1 Å². The van der Waals surface area contributed by atoms with Crippen molar-refractivity contribution in [2.75, 3.05) is 6.26 Å². The minimum absolute atomic E-state index is 0. The summed E-state index contributed by atoms with van der Waals surface area (Å²) in [4.78, 5) is 0. The van der Waals surface area contributed by atoms with E-state index >= 15 is 0 Å². The molecule has 2 aromatic carbocycles. The predicted molar refractivity (Wildman–Crippen MR) is 78.6 cm³/mol. The fourth-order valence-electron chi connectivity index (χ4n) is 1.28. The average molecular weight is 385 g/mol. The van der Waals surface area contributed by atoms with Crippen molar-refractivity contribution in [3.8, 4) is 11.1 Å². The Bertz CT molecular complexity index is 593. The minimum atomic E-state index is -3.67. The van der Waals surface area contributed by atoms with Gasteiger partial charge in [0.15, 0.2) is 0 Å². The third kappa shape index (κ3) is 8.84. The third-order valence-corrected chi connectivity index (χ3v) is 1.93. The maximum absolute atomic E-state index is 9.19. The molecule has 0 aromatic heterocycles. The van der Waals surface area contributed by atoms with E-state index < -0.39 is 10.1 Å². The molecule has 2 rings (SSSR count). The Morgan fingerprint density at radius 1 is 1.10 bits per heavy atom. The van der Waals surface area contributed by atoms with Crippen LogP contribution >= 0.6 is 0 Å². The van der Waals surface area contributed by atoms with E-state index in [1.807, 2.05) is 42.5 Å². The van der Waals surface area contributed by atoms with Crippen LogP contribution in [0.5, 0.6) is 0 Å². The minimum Gasteiger partial charge on any atom is -0.706 e. The maximum Gasteiger partial charge on any atom is 0.261 e. The second-order valence-corrected chi connectivity index (χ2v) is 5.02. The molecule has 0 aliphatic rings. The second kappa shape index (κ2) is 9.67. The molecule has 0 saturated carbocycles. The second-order valence-electron chi connectivity index (χ2n) is 3.55. The first-order chi connectivity index (χ1) is 8.38. The molecule has 0 fully saturated rings. The molecule has 2 aromatic rings. The molecule has 6 heteroatoms. The van der Waals surface area contributed by atoms with E-state index in [-0.39, 0.29) is 27.8 Å². The number of hydrogen-bond donors (Lipinski definition) is 1. The first-order valence-corrected chi connectivity index (χ1v) is 6.93. The van der Waals surface area contributed by atoms with Crippen LogP contribution in [0.1, 0.15) is 0 Å². The van der Waals surface area contributed by atoms with Crippen molar-refractivity contribution in [3.05, 3.63) is 67.8 Å². The molecule has 0 aliphatic heterocycles. The number of nitrogens with one attached hydrogen (secondary N) is 1. The van der Waals surface area contributed by atoms with Gasteiger partial charge in [-0.1, -0.05) is 24.3 Å². The van der Waals surface area contributed by atoms with Gasteiger partial charge in [0.25, 0.3) is 10.1 Å². The van der Waals surface area contributed by atoms with Crippen molar-refractivity contribution in [1.29, 1.82) is 0 Å². The predicted octanol–water partition coefficient (Wildman–Crippen LogP) is 3.79. The quantitative estimate of drug-likeness (QED) is 0.461. The van der Waals surface area contributed by atoms with Crippen LogP contribution in [0.15, 0.2) is 48.5 Å². The molecule has 0 amide bonds. The van der Waals surface area contributed by atoms with Gasteiger partial charge in [-0.15, -0.1) is 41.5 Å². The van der Waals surface area contributed by atoms with Gasteiger partial charge in [0.1, 0.15) is 0 Å². The summed E-state index contributed by atoms with van der Waals surface area (Å²) >= 11 is 0. The molecular formula is C14H16NO3PdS-3. The fraction of sp³-hybridized carbons (Fsp3) is 0.0714. The molecule has 0 saturated heterocycles. The van der Waals surface area contributed by atoms with Gasteiger partial charge in [0, 0.05) is 20.4 Å². The zero-order valence-corrected chi connectivity index (χ0v) is 13.5. The molecule has 0 heterocycles. The van der Waals surface area contributed by atoms with Gasteiger partial charge < -0.3 is 13.2 Å². The Morgan fingerprint density at radius 2 is 1.60 bits per heavy atom. The standard InChI is InChI=1S/C12H9N.CH4O3S.CH3.Pd/c13-12-9-5-4-8-11(12)10-6-2-1-3-7-10;1-5(2,3)4;;/h1-6,8-9,13H;1H3,(H,2,3,4);1H3;/q-2;;-1;. The first-order valence-electron chi connectivity index (χ1n) is 5.08. The van der Waals surface area contributed by atoms with Crippen LogP contribution in [-0.2, 0) is 30.5 Å². The number of rotatable bonds is 1. The SMILES string of the molecule is CS(=O)(=O)O.[CH3-].[NH-]c1ccccc1-c1[c-]cccc1.[Pd]. The van der Waals surface area contributed by atoms with Crippen molar-refractivity contribution in [2.45, 2.75) is 0 Å². The summed E-state index contributed by atoms with van der Waals surface area (Å²) < 4.78 is 25.9. The Morgan fingerprint density at radius 3 is 2.05 bits per heavy atom. The Labute approximate surface area is 134 Å². The van der Waals surface area contributed by atoms with Crippen molar-refractivity contribution in [1.82, 2.24) is 0 Å². The number of hydrogen-bond acceptors (Lipinski definition) is 2. The maximum atomic E-state index is 9.19. The fourth-order valence-corrected chi connectivity index (χ4v) is 1.28. The molecule has 0 unspecified atom stereocenters. The van der Waals surface area contributed by atoms with Gasteiger partial charge in [-0.05, 0) is 0 Å². The third-order valence-electron chi connectivity index (χ3n) is 1.93. The largest absolute Gasteiger partial charge is 0.706 e. The van der Waals surface area contributed by atoms with Crippen molar-refractivity contribution in [3.63, 3.8) is 0 Å². The van der Waals surface area contributed by atoms with Gasteiger partial charge in [-0.3, -0.25) is 4.55 Å². The summed E-state index contributed by atoms with van der Waals surface area (Å²) in [5.41, 5.74) is 10.1. The van der Waals surface area contributed by atoms with Crippen LogP contribution in [-0.4, -0.2) is 19.2 Å². The van der Waals surface area contributed by atoms with Crippen LogP contribution in [0.25, 0.3) is 16.9 Å². The van der Waals surface area contributed by atoms with Crippen molar-refractivity contribution < 1.29 is 33.4 Å². The summed E-state index contributed by atoms with van der Waals surface area (Å²) in [6.07, 6.45) is 0.715. The van der Waals surface area contributed by atoms with Gasteiger partial charge >= 0.3 is 0 Å². The van der Waals surface area contributed by atoms with E-state index in [1.54, 1.807) is 6.07 Å². The summed E-state index contributed by atoms with van der Waals surface area (Å²) in [5, 5.41) is 0. The summed E-state index contributed by atoms with van der Waals surface area (Å²) in [7, 11) is -3.67. The smallest absolute Gasteiger partial charge is 0.261 e. The van der Waals surface area contributed by atoms with Gasteiger partial charge in [-0.2, -0.15) is 14.1 Å². The average Bonchev–Trinajstić information content (AvgIpc) is 2.29. The Kier molecular flexibility index (Phi) is 10.2. The Balaban J connectivity index is 0. The van der Waals surface area contributed by atoms with E-state index in [2.05, 4.69) is 6.07 Å². The van der Waals surface area contributed by atoms with E-state index in [0.29, 0.717) is 11.9 Å². The van der Waals surface area contributed by atoms with E-state index in [1.165, 1.54) is 0 Å². The molecule has 2 N–H and O–H groups in total. The first kappa shape index (κ1) is 21.1. The zero-order chi connectivity index (χ0) is 13.6. The van der Waals surface area contributed by atoms with E-state index in [9.17, 15) is 8.42 Å². The zero-order valence-electron chi connectivity index (χ0n) is 11.1. The molecule has 0 aliphatic carbocycles. The van der Waals surface area contributed by atoms with Gasteiger partial charge in [-0.25, -0.2) is 0 Å². The summed E-state index contributed by atoms with van der Waals surface area (Å²) in [6.45, 7) is 0. The van der Waals surface area contributed by atoms with Gasteiger partial charge in [0.2, 0.25) is 0 Å². The van der Waals surface area contributed by atoms with Crippen LogP contribution in [0.3, 0.4) is 0 Å². The van der Waals surface area contributed by atoms with Crippen LogP contribution in [0.4, 0.5) is 5.69 Å². The molecule has 0 spiro atoms. The van der Waals surface area contributed by atoms with Crippen molar-refractivity contribution >= 4 is 15.8 Å². The van der Waals surface area contributed by atoms with Crippen molar-refractivity contribution in [2.24, 2.45) is 0 Å². The normalized spacial score (nSPS) is 9.30. The monoisotopic (exact) mass is 384 g/mol. The molecule has 4 nitrogen and oxygen atoms in total. The molecule has 0 radical (unpaired) electrons. The molecule has 0 atom stereocenters. The molecule has 114 valence electrons. The van der Waals surface area contributed by atoms with Crippen LogP contribution < -0.4 is 0 Å². The van der Waals surface area contributed by atoms with Crippen LogP contribution in [0.2, 0.25) is 0 Å². The van der Waals surface area contributed by atoms with Gasteiger partial charge in [0.05, 0.1) is 6.26 Å². The molecular weight excluding hydrogens is 369 g/mol. The van der Waals surface area contributed by atoms with Crippen LogP contribution in [0, 0.1) is 13.5 Å². The summed E-state index contributed by atoms with van der Waals surface area (Å²) in [6, 6.07) is 18.4. The summed E-state index contributed by atoms with van der Waals surface area (Å²) in [5.74, 6) is 0. The molecule has 0 bridgehead atoms. The molecule has 20 heavy (non-hydrogen) atoms. The number of benzene rings is 2. The van der Waals surface area contributed by atoms with E-state index in [4.69, 9.17) is 10.3 Å². The topological polar surface area (TPSA) is 78.2 Å².